The molecule has 1 atom stereocenters. The Morgan fingerprint density at radius 3 is 3.00 bits per heavy atom. The number of hydrogen-bond acceptors (Lipinski definition) is 3. The fourth-order valence-corrected chi connectivity index (χ4v) is 2.94. The molecular formula is C15H18N2O3. The number of likely N-dealkylation sites (tertiary alicyclic amines) is 1. The number of hydrogen-bond donors (Lipinski definition) is 1. The van der Waals surface area contributed by atoms with Gasteiger partial charge in [0, 0.05) is 13.5 Å². The molecule has 1 fully saturated rings. The van der Waals surface area contributed by atoms with Gasteiger partial charge in [0.2, 0.25) is 5.91 Å². The number of carbonyl (C=O) groups excluding carboxylic acids is 2. The van der Waals surface area contributed by atoms with E-state index in [1.54, 1.807) is 17.9 Å². The highest BCUT2D eigenvalue weighted by molar-refractivity contribution is 5.97. The lowest BCUT2D eigenvalue weighted by Crippen LogP contribution is -2.57. The van der Waals surface area contributed by atoms with E-state index in [1.807, 2.05) is 18.2 Å². The molecule has 1 N–H and O–H groups in total. The number of carbonyl (C=O) groups is 2. The summed E-state index contributed by atoms with van der Waals surface area (Å²) >= 11 is 0. The van der Waals surface area contributed by atoms with Gasteiger partial charge in [0.1, 0.15) is 11.4 Å². The molecule has 2 amide bonds. The van der Waals surface area contributed by atoms with E-state index in [0.29, 0.717) is 24.4 Å². The number of nitrogens with one attached hydrogen (secondary N) is 1. The van der Waals surface area contributed by atoms with Gasteiger partial charge in [-0.2, -0.15) is 0 Å². The number of fused-ring (bicyclic) bond motifs is 1. The Morgan fingerprint density at radius 1 is 1.40 bits per heavy atom. The summed E-state index contributed by atoms with van der Waals surface area (Å²) in [6.07, 6.45) is 1.73. The van der Waals surface area contributed by atoms with E-state index in [-0.39, 0.29) is 11.8 Å². The first-order chi connectivity index (χ1) is 9.60. The zero-order chi connectivity index (χ0) is 14.2. The second-order valence-electron chi connectivity index (χ2n) is 5.51. The van der Waals surface area contributed by atoms with Gasteiger partial charge in [-0.25, -0.2) is 0 Å². The third-order valence-corrected chi connectivity index (χ3v) is 4.01. The Morgan fingerprint density at radius 2 is 2.20 bits per heavy atom. The van der Waals surface area contributed by atoms with Gasteiger partial charge in [-0.1, -0.05) is 12.1 Å². The summed E-state index contributed by atoms with van der Waals surface area (Å²) in [6, 6.07) is 7.25. The summed E-state index contributed by atoms with van der Waals surface area (Å²) in [6.45, 7) is 3.29. The number of benzene rings is 1. The van der Waals surface area contributed by atoms with Crippen LogP contribution in [0.3, 0.4) is 0 Å². The number of rotatable bonds is 0. The Hall–Kier alpha value is -2.04. The molecule has 0 aromatic heterocycles. The highest BCUT2D eigenvalue weighted by Crippen LogP contribution is 2.31. The zero-order valence-electron chi connectivity index (χ0n) is 11.5. The van der Waals surface area contributed by atoms with Gasteiger partial charge in [0.05, 0.1) is 18.7 Å². The standard InChI is InChI=1S/C15H18N2O3/c1-11(18)17-8-4-7-15(10-17)9-16-14(19)12-5-2-3-6-13(12)20-15/h2-3,5-6H,4,7-10H2,1H3,(H,16,19)/t15-/m0/s1. The van der Waals surface area contributed by atoms with Crippen LogP contribution in [0.15, 0.2) is 24.3 Å². The summed E-state index contributed by atoms with van der Waals surface area (Å²) < 4.78 is 6.16. The summed E-state index contributed by atoms with van der Waals surface area (Å²) in [4.78, 5) is 25.5. The van der Waals surface area contributed by atoms with Crippen LogP contribution in [-0.4, -0.2) is 41.9 Å². The topological polar surface area (TPSA) is 58.6 Å². The van der Waals surface area contributed by atoms with E-state index in [2.05, 4.69) is 5.32 Å². The van der Waals surface area contributed by atoms with Crippen molar-refractivity contribution in [3.05, 3.63) is 29.8 Å². The molecule has 5 nitrogen and oxygen atoms in total. The van der Waals surface area contributed by atoms with E-state index in [9.17, 15) is 9.59 Å². The first-order valence-corrected chi connectivity index (χ1v) is 6.91. The maximum Gasteiger partial charge on any atom is 0.255 e. The van der Waals surface area contributed by atoms with Crippen LogP contribution < -0.4 is 10.1 Å². The van der Waals surface area contributed by atoms with Crippen LogP contribution in [-0.2, 0) is 4.79 Å². The molecule has 1 aromatic rings. The Balaban J connectivity index is 1.92. The van der Waals surface area contributed by atoms with Crippen LogP contribution in [0.1, 0.15) is 30.1 Å². The van der Waals surface area contributed by atoms with Crippen molar-refractivity contribution in [2.75, 3.05) is 19.6 Å². The minimum atomic E-state index is -0.508. The van der Waals surface area contributed by atoms with Crippen molar-refractivity contribution < 1.29 is 14.3 Å². The van der Waals surface area contributed by atoms with Crippen LogP contribution in [0, 0.1) is 0 Å². The molecule has 1 aromatic carbocycles. The number of piperidine rings is 1. The molecule has 0 aliphatic carbocycles. The predicted octanol–water partition coefficient (Wildman–Crippen LogP) is 1.19. The summed E-state index contributed by atoms with van der Waals surface area (Å²) in [5.74, 6) is 0.543. The average molecular weight is 274 g/mol. The maximum atomic E-state index is 12.1. The van der Waals surface area contributed by atoms with Crippen LogP contribution in [0.5, 0.6) is 5.75 Å². The van der Waals surface area contributed by atoms with Crippen molar-refractivity contribution in [2.45, 2.75) is 25.4 Å². The molecule has 3 rings (SSSR count). The Kier molecular flexibility index (Phi) is 3.12. The molecule has 0 radical (unpaired) electrons. The molecule has 2 aliphatic heterocycles. The molecule has 1 saturated heterocycles. The van der Waals surface area contributed by atoms with E-state index < -0.39 is 5.60 Å². The van der Waals surface area contributed by atoms with E-state index in [4.69, 9.17) is 4.74 Å². The minimum Gasteiger partial charge on any atom is -0.483 e. The second kappa shape index (κ2) is 4.81. The van der Waals surface area contributed by atoms with Gasteiger partial charge in [0.15, 0.2) is 0 Å². The third kappa shape index (κ3) is 2.24. The van der Waals surface area contributed by atoms with Crippen LogP contribution in [0.4, 0.5) is 0 Å². The van der Waals surface area contributed by atoms with E-state index in [1.165, 1.54) is 0 Å². The molecule has 0 bridgehead atoms. The molecular weight excluding hydrogens is 256 g/mol. The number of ether oxygens (including phenoxy) is 1. The summed E-state index contributed by atoms with van der Waals surface area (Å²) in [5.41, 5.74) is 0.0518. The third-order valence-electron chi connectivity index (χ3n) is 4.01. The van der Waals surface area contributed by atoms with Crippen LogP contribution >= 0.6 is 0 Å². The van der Waals surface area contributed by atoms with Gasteiger partial charge in [-0.3, -0.25) is 9.59 Å². The quantitative estimate of drug-likeness (QED) is 0.773. The predicted molar refractivity (Wildman–Crippen MR) is 73.6 cm³/mol. The average Bonchev–Trinajstić information content (AvgIpc) is 2.57. The van der Waals surface area contributed by atoms with Crippen molar-refractivity contribution >= 4 is 11.8 Å². The maximum absolute atomic E-state index is 12.1. The highest BCUT2D eigenvalue weighted by atomic mass is 16.5. The van der Waals surface area contributed by atoms with Gasteiger partial charge in [-0.05, 0) is 25.0 Å². The molecule has 5 heteroatoms. The number of amides is 2. The van der Waals surface area contributed by atoms with Gasteiger partial charge in [-0.15, -0.1) is 0 Å². The molecule has 2 heterocycles. The lowest BCUT2D eigenvalue weighted by Gasteiger charge is -2.41. The molecule has 2 aliphatic rings. The lowest BCUT2D eigenvalue weighted by atomic mass is 9.92. The normalized spacial score (nSPS) is 25.4. The van der Waals surface area contributed by atoms with Crippen molar-refractivity contribution in [1.82, 2.24) is 10.2 Å². The highest BCUT2D eigenvalue weighted by Gasteiger charge is 2.41. The first-order valence-electron chi connectivity index (χ1n) is 6.91. The second-order valence-corrected chi connectivity index (χ2v) is 5.51. The van der Waals surface area contributed by atoms with E-state index in [0.717, 1.165) is 19.4 Å². The Labute approximate surface area is 117 Å². The van der Waals surface area contributed by atoms with Crippen molar-refractivity contribution in [1.29, 1.82) is 0 Å². The van der Waals surface area contributed by atoms with Gasteiger partial charge < -0.3 is 15.0 Å². The largest absolute Gasteiger partial charge is 0.483 e. The number of nitrogens with zero attached hydrogens (tertiary/aromatic N) is 1. The monoisotopic (exact) mass is 274 g/mol. The van der Waals surface area contributed by atoms with Gasteiger partial charge >= 0.3 is 0 Å². The van der Waals surface area contributed by atoms with Crippen LogP contribution in [0.2, 0.25) is 0 Å². The fraction of sp³-hybridized carbons (Fsp3) is 0.467. The smallest absolute Gasteiger partial charge is 0.255 e. The van der Waals surface area contributed by atoms with Crippen LogP contribution in [0.25, 0.3) is 0 Å². The Bertz CT molecular complexity index is 558. The molecule has 20 heavy (non-hydrogen) atoms. The summed E-state index contributed by atoms with van der Waals surface area (Å²) in [7, 11) is 0. The molecule has 0 saturated carbocycles. The van der Waals surface area contributed by atoms with Gasteiger partial charge in [0.25, 0.3) is 5.91 Å². The van der Waals surface area contributed by atoms with Crippen molar-refractivity contribution in [3.8, 4) is 5.75 Å². The zero-order valence-corrected chi connectivity index (χ0v) is 11.5. The SMILES string of the molecule is CC(=O)N1CCC[C@]2(CNC(=O)c3ccccc3O2)C1. The lowest BCUT2D eigenvalue weighted by molar-refractivity contribution is -0.134. The van der Waals surface area contributed by atoms with Crippen molar-refractivity contribution in [3.63, 3.8) is 0 Å². The summed E-state index contributed by atoms with van der Waals surface area (Å²) in [5, 5.41) is 2.92. The molecule has 0 unspecified atom stereocenters. The fourth-order valence-electron chi connectivity index (χ4n) is 2.94. The number of para-hydroxylation sites is 1. The molecule has 106 valence electrons. The first kappa shape index (κ1) is 13.0. The van der Waals surface area contributed by atoms with E-state index >= 15 is 0 Å². The van der Waals surface area contributed by atoms with Crippen molar-refractivity contribution in [2.24, 2.45) is 0 Å². The minimum absolute atomic E-state index is 0.0523. The molecule has 1 spiro atoms.